The maximum absolute atomic E-state index is 13.3. The van der Waals surface area contributed by atoms with E-state index >= 15 is 0 Å². The number of hydrogen-bond donors (Lipinski definition) is 1. The van der Waals surface area contributed by atoms with Crippen molar-refractivity contribution in [3.63, 3.8) is 0 Å². The fraction of sp³-hybridized carbons (Fsp3) is 0.130. The van der Waals surface area contributed by atoms with E-state index < -0.39 is 5.82 Å². The highest BCUT2D eigenvalue weighted by atomic mass is 19.1. The third-order valence-electron chi connectivity index (χ3n) is 4.53. The molecule has 0 fully saturated rings. The van der Waals surface area contributed by atoms with E-state index in [2.05, 4.69) is 24.1 Å². The first-order valence-electron chi connectivity index (χ1n) is 9.07. The summed E-state index contributed by atoms with van der Waals surface area (Å²) in [5.41, 5.74) is 4.30. The molecule has 0 unspecified atom stereocenters. The summed E-state index contributed by atoms with van der Waals surface area (Å²) in [4.78, 5) is 16.9. The molecular formula is C23H19FN2O2. The predicted molar refractivity (Wildman–Crippen MR) is 108 cm³/mol. The highest BCUT2D eigenvalue weighted by molar-refractivity contribution is 6.04. The summed E-state index contributed by atoms with van der Waals surface area (Å²) in [5, 5.41) is 2.78. The maximum atomic E-state index is 13.3. The number of carbonyl (C=O) groups excluding carboxylic acids is 1. The number of amides is 1. The lowest BCUT2D eigenvalue weighted by Crippen LogP contribution is -2.12. The minimum atomic E-state index is -0.450. The normalized spacial score (nSPS) is 11.1. The van der Waals surface area contributed by atoms with Crippen LogP contribution in [0, 0.1) is 5.82 Å². The average Bonchev–Trinajstić information content (AvgIpc) is 3.11. The first-order valence-corrected chi connectivity index (χ1v) is 9.07. The quantitative estimate of drug-likeness (QED) is 0.476. The van der Waals surface area contributed by atoms with Crippen LogP contribution in [0.1, 0.15) is 35.7 Å². The molecule has 0 radical (unpaired) electrons. The Hall–Kier alpha value is -3.47. The molecule has 4 nitrogen and oxygen atoms in total. The van der Waals surface area contributed by atoms with Crippen LogP contribution in [0.3, 0.4) is 0 Å². The van der Waals surface area contributed by atoms with Gasteiger partial charge in [-0.2, -0.15) is 0 Å². The molecule has 0 saturated heterocycles. The number of fused-ring (bicyclic) bond motifs is 1. The molecule has 1 aromatic heterocycles. The van der Waals surface area contributed by atoms with E-state index in [4.69, 9.17) is 4.42 Å². The van der Waals surface area contributed by atoms with Crippen molar-refractivity contribution in [3.8, 4) is 11.5 Å². The van der Waals surface area contributed by atoms with Gasteiger partial charge in [-0.05, 0) is 60.0 Å². The van der Waals surface area contributed by atoms with Gasteiger partial charge in [0.05, 0.1) is 0 Å². The molecule has 28 heavy (non-hydrogen) atoms. The molecular weight excluding hydrogens is 355 g/mol. The number of rotatable bonds is 4. The summed E-state index contributed by atoms with van der Waals surface area (Å²) in [6, 6.07) is 18.8. The fourth-order valence-electron chi connectivity index (χ4n) is 2.99. The van der Waals surface area contributed by atoms with E-state index in [-0.39, 0.29) is 11.5 Å². The highest BCUT2D eigenvalue weighted by Gasteiger charge is 2.12. The van der Waals surface area contributed by atoms with Crippen LogP contribution < -0.4 is 5.32 Å². The maximum Gasteiger partial charge on any atom is 0.255 e. The van der Waals surface area contributed by atoms with Gasteiger partial charge in [0.15, 0.2) is 5.58 Å². The van der Waals surface area contributed by atoms with Crippen LogP contribution in [0.5, 0.6) is 0 Å². The van der Waals surface area contributed by atoms with Crippen molar-refractivity contribution in [2.75, 3.05) is 5.32 Å². The molecule has 4 aromatic rings. The number of benzene rings is 3. The highest BCUT2D eigenvalue weighted by Crippen LogP contribution is 2.28. The number of nitrogens with zero attached hydrogens (tertiary/aromatic N) is 1. The Morgan fingerprint density at radius 1 is 1.04 bits per heavy atom. The summed E-state index contributed by atoms with van der Waals surface area (Å²) in [7, 11) is 0. The van der Waals surface area contributed by atoms with Gasteiger partial charge < -0.3 is 9.73 Å². The Balaban J connectivity index is 1.61. The van der Waals surface area contributed by atoms with Gasteiger partial charge in [0, 0.05) is 16.8 Å². The molecule has 0 atom stereocenters. The number of oxazole rings is 1. The van der Waals surface area contributed by atoms with Crippen molar-refractivity contribution in [3.05, 3.63) is 83.7 Å². The molecule has 0 saturated carbocycles. The smallest absolute Gasteiger partial charge is 0.255 e. The van der Waals surface area contributed by atoms with E-state index in [1.807, 2.05) is 30.3 Å². The molecule has 0 aliphatic carbocycles. The number of halogens is 1. The molecule has 1 N–H and O–H groups in total. The molecule has 1 heterocycles. The number of carbonyl (C=O) groups is 1. The Labute approximate surface area is 162 Å². The van der Waals surface area contributed by atoms with Gasteiger partial charge in [0.2, 0.25) is 5.89 Å². The number of anilines is 1. The Kier molecular flexibility index (Phi) is 4.65. The van der Waals surface area contributed by atoms with Crippen molar-refractivity contribution in [2.45, 2.75) is 19.8 Å². The average molecular weight is 374 g/mol. The van der Waals surface area contributed by atoms with E-state index in [1.54, 1.807) is 18.2 Å². The zero-order valence-electron chi connectivity index (χ0n) is 15.6. The summed E-state index contributed by atoms with van der Waals surface area (Å²) in [6.07, 6.45) is 0. The molecule has 0 spiro atoms. The molecule has 0 aliphatic heterocycles. The topological polar surface area (TPSA) is 55.1 Å². The molecule has 140 valence electrons. The van der Waals surface area contributed by atoms with Crippen molar-refractivity contribution < 1.29 is 13.6 Å². The van der Waals surface area contributed by atoms with E-state index in [1.165, 1.54) is 23.8 Å². The molecule has 5 heteroatoms. The van der Waals surface area contributed by atoms with Crippen LogP contribution in [-0.4, -0.2) is 10.9 Å². The van der Waals surface area contributed by atoms with Gasteiger partial charge in [0.25, 0.3) is 5.91 Å². The van der Waals surface area contributed by atoms with Gasteiger partial charge >= 0.3 is 0 Å². The Morgan fingerprint density at radius 3 is 2.64 bits per heavy atom. The minimum absolute atomic E-state index is 0.258. The Bertz CT molecular complexity index is 1160. The third kappa shape index (κ3) is 3.64. The predicted octanol–water partition coefficient (Wildman–Crippen LogP) is 6.01. The van der Waals surface area contributed by atoms with Crippen molar-refractivity contribution in [1.82, 2.24) is 4.98 Å². The second kappa shape index (κ2) is 7.27. The molecule has 3 aromatic carbocycles. The number of hydrogen-bond acceptors (Lipinski definition) is 3. The summed E-state index contributed by atoms with van der Waals surface area (Å²) >= 11 is 0. The Morgan fingerprint density at radius 2 is 1.86 bits per heavy atom. The largest absolute Gasteiger partial charge is 0.436 e. The first kappa shape index (κ1) is 17.9. The van der Waals surface area contributed by atoms with Gasteiger partial charge in [-0.25, -0.2) is 9.37 Å². The van der Waals surface area contributed by atoms with Gasteiger partial charge in [-0.3, -0.25) is 4.79 Å². The zero-order valence-corrected chi connectivity index (χ0v) is 15.6. The summed E-state index contributed by atoms with van der Waals surface area (Å²) in [6.45, 7) is 4.26. The van der Waals surface area contributed by atoms with Crippen LogP contribution in [0.2, 0.25) is 0 Å². The lowest BCUT2D eigenvalue weighted by atomic mass is 10.0. The van der Waals surface area contributed by atoms with Crippen molar-refractivity contribution >= 4 is 22.7 Å². The standard InChI is InChI=1S/C23H19FN2O2/c1-14(2)15-9-10-21-20(13-15)26-23(28-21)17-6-4-8-19(12-17)25-22(27)16-5-3-7-18(24)11-16/h3-14H,1-2H3,(H,25,27). The molecule has 0 aliphatic rings. The zero-order chi connectivity index (χ0) is 19.7. The second-order valence-corrected chi connectivity index (χ2v) is 6.95. The lowest BCUT2D eigenvalue weighted by Gasteiger charge is -2.06. The fourth-order valence-corrected chi connectivity index (χ4v) is 2.99. The van der Waals surface area contributed by atoms with Crippen molar-refractivity contribution in [2.24, 2.45) is 0 Å². The van der Waals surface area contributed by atoms with Crippen LogP contribution in [0.25, 0.3) is 22.6 Å². The van der Waals surface area contributed by atoms with Crippen molar-refractivity contribution in [1.29, 1.82) is 0 Å². The first-order chi connectivity index (χ1) is 13.5. The summed E-state index contributed by atoms with van der Waals surface area (Å²) < 4.78 is 19.2. The number of nitrogens with one attached hydrogen (secondary N) is 1. The molecule has 1 amide bonds. The van der Waals surface area contributed by atoms with Gasteiger partial charge in [0.1, 0.15) is 11.3 Å². The number of aromatic nitrogens is 1. The lowest BCUT2D eigenvalue weighted by molar-refractivity contribution is 0.102. The van der Waals surface area contributed by atoms with Gasteiger partial charge in [-0.15, -0.1) is 0 Å². The van der Waals surface area contributed by atoms with Crippen LogP contribution in [-0.2, 0) is 0 Å². The minimum Gasteiger partial charge on any atom is -0.436 e. The molecule has 0 bridgehead atoms. The third-order valence-corrected chi connectivity index (χ3v) is 4.53. The SMILES string of the molecule is CC(C)c1ccc2oc(-c3cccc(NC(=O)c4cccc(F)c4)c3)nc2c1. The van der Waals surface area contributed by atoms with E-state index in [9.17, 15) is 9.18 Å². The van der Waals surface area contributed by atoms with Crippen LogP contribution in [0.4, 0.5) is 10.1 Å². The monoisotopic (exact) mass is 374 g/mol. The summed E-state index contributed by atoms with van der Waals surface area (Å²) in [5.74, 6) is 0.0631. The van der Waals surface area contributed by atoms with Gasteiger partial charge in [-0.1, -0.05) is 32.0 Å². The van der Waals surface area contributed by atoms with E-state index in [0.717, 1.165) is 11.1 Å². The van der Waals surface area contributed by atoms with Crippen LogP contribution in [0.15, 0.2) is 71.1 Å². The van der Waals surface area contributed by atoms with Crippen LogP contribution >= 0.6 is 0 Å². The van der Waals surface area contributed by atoms with E-state index in [0.29, 0.717) is 23.1 Å². The molecule has 4 rings (SSSR count). The second-order valence-electron chi connectivity index (χ2n) is 6.95.